The van der Waals surface area contributed by atoms with Crippen molar-refractivity contribution in [2.45, 2.75) is 51.8 Å². The minimum atomic E-state index is 0.115. The fourth-order valence-electron chi connectivity index (χ4n) is 3.01. The van der Waals surface area contributed by atoms with Crippen LogP contribution in [0.5, 0.6) is 0 Å². The summed E-state index contributed by atoms with van der Waals surface area (Å²) >= 11 is 0. The molecule has 0 heterocycles. The summed E-state index contributed by atoms with van der Waals surface area (Å²) in [6.45, 7) is 7.47. The highest BCUT2D eigenvalue weighted by Crippen LogP contribution is 2.42. The molecule has 1 aliphatic rings. The summed E-state index contributed by atoms with van der Waals surface area (Å²) in [7, 11) is 0. The first-order chi connectivity index (χ1) is 9.57. The van der Waals surface area contributed by atoms with Gasteiger partial charge >= 0.3 is 0 Å². The third-order valence-electron chi connectivity index (χ3n) is 4.53. The van der Waals surface area contributed by atoms with Crippen LogP contribution in [-0.2, 0) is 11.2 Å². The van der Waals surface area contributed by atoms with E-state index in [9.17, 15) is 5.11 Å². The number of hydrogen-bond acceptors (Lipinski definition) is 3. The van der Waals surface area contributed by atoms with E-state index >= 15 is 0 Å². The van der Waals surface area contributed by atoms with Crippen LogP contribution >= 0.6 is 0 Å². The highest BCUT2D eigenvalue weighted by molar-refractivity contribution is 5.16. The lowest BCUT2D eigenvalue weighted by atomic mass is 9.64. The summed E-state index contributed by atoms with van der Waals surface area (Å²) in [6, 6.07) is 10.9. The van der Waals surface area contributed by atoms with Crippen LogP contribution < -0.4 is 5.32 Å². The van der Waals surface area contributed by atoms with E-state index in [1.165, 1.54) is 5.56 Å². The molecule has 1 aliphatic carbocycles. The molecule has 0 radical (unpaired) electrons. The van der Waals surface area contributed by atoms with Gasteiger partial charge in [0, 0.05) is 24.1 Å². The molecule has 0 amide bonds. The third kappa shape index (κ3) is 3.40. The van der Waals surface area contributed by atoms with E-state index in [1.54, 1.807) is 0 Å². The Kier molecular flexibility index (Phi) is 5.19. The standard InChI is InChI=1S/C17H27NO2/c1-4-20-16-11-15(17(16,2)3)18-14(12-19)10-13-8-6-5-7-9-13/h5-9,14-16,18-19H,4,10-12H2,1-3H3/t14-,15?,16?/m1/s1. The average Bonchev–Trinajstić information content (AvgIpc) is 2.46. The van der Waals surface area contributed by atoms with Crippen LogP contribution in [0.25, 0.3) is 0 Å². The SMILES string of the molecule is CCOC1CC(N[C@@H](CO)Cc2ccccc2)C1(C)C. The Morgan fingerprint density at radius 1 is 1.35 bits per heavy atom. The molecule has 1 saturated carbocycles. The first kappa shape index (κ1) is 15.5. The molecule has 2 N–H and O–H groups in total. The summed E-state index contributed by atoms with van der Waals surface area (Å²) < 4.78 is 5.75. The molecule has 1 aromatic carbocycles. The molecule has 0 aliphatic heterocycles. The molecule has 2 rings (SSSR count). The number of rotatable bonds is 7. The number of aliphatic hydroxyl groups is 1. The van der Waals surface area contributed by atoms with Gasteiger partial charge in [-0.25, -0.2) is 0 Å². The number of benzene rings is 1. The topological polar surface area (TPSA) is 41.5 Å². The second-order valence-electron chi connectivity index (χ2n) is 6.29. The van der Waals surface area contributed by atoms with E-state index in [1.807, 2.05) is 25.1 Å². The predicted molar refractivity (Wildman–Crippen MR) is 81.8 cm³/mol. The van der Waals surface area contributed by atoms with E-state index < -0.39 is 0 Å². The van der Waals surface area contributed by atoms with Gasteiger partial charge in [-0.2, -0.15) is 0 Å². The molecule has 0 aromatic heterocycles. The molecular formula is C17H27NO2. The first-order valence-electron chi connectivity index (χ1n) is 7.60. The van der Waals surface area contributed by atoms with Gasteiger partial charge in [-0.15, -0.1) is 0 Å². The predicted octanol–water partition coefficient (Wildman–Crippen LogP) is 2.38. The van der Waals surface area contributed by atoms with E-state index in [0.29, 0.717) is 12.1 Å². The fourth-order valence-corrected chi connectivity index (χ4v) is 3.01. The normalized spacial score (nSPS) is 26.0. The van der Waals surface area contributed by atoms with E-state index in [4.69, 9.17) is 4.74 Å². The van der Waals surface area contributed by atoms with Crippen LogP contribution in [0.2, 0.25) is 0 Å². The molecule has 0 bridgehead atoms. The van der Waals surface area contributed by atoms with E-state index in [2.05, 4.69) is 31.3 Å². The van der Waals surface area contributed by atoms with Crippen molar-refractivity contribution >= 4 is 0 Å². The summed E-state index contributed by atoms with van der Waals surface area (Å²) in [5.41, 5.74) is 1.40. The highest BCUT2D eigenvalue weighted by Gasteiger charge is 2.49. The molecular weight excluding hydrogens is 250 g/mol. The molecule has 1 fully saturated rings. The minimum Gasteiger partial charge on any atom is -0.395 e. The van der Waals surface area contributed by atoms with Gasteiger partial charge in [0.1, 0.15) is 0 Å². The number of aliphatic hydroxyl groups excluding tert-OH is 1. The zero-order valence-corrected chi connectivity index (χ0v) is 12.8. The highest BCUT2D eigenvalue weighted by atomic mass is 16.5. The van der Waals surface area contributed by atoms with E-state index in [-0.39, 0.29) is 18.1 Å². The van der Waals surface area contributed by atoms with Crippen LogP contribution in [0.15, 0.2) is 30.3 Å². The van der Waals surface area contributed by atoms with Gasteiger partial charge in [0.2, 0.25) is 0 Å². The van der Waals surface area contributed by atoms with Gasteiger partial charge in [-0.3, -0.25) is 0 Å². The zero-order valence-electron chi connectivity index (χ0n) is 12.8. The van der Waals surface area contributed by atoms with Gasteiger partial charge in [0.15, 0.2) is 0 Å². The van der Waals surface area contributed by atoms with Crippen molar-refractivity contribution < 1.29 is 9.84 Å². The third-order valence-corrected chi connectivity index (χ3v) is 4.53. The molecule has 3 heteroatoms. The lowest BCUT2D eigenvalue weighted by Crippen LogP contribution is -2.63. The van der Waals surface area contributed by atoms with Crippen molar-refractivity contribution in [2.75, 3.05) is 13.2 Å². The maximum absolute atomic E-state index is 9.60. The van der Waals surface area contributed by atoms with E-state index in [0.717, 1.165) is 19.4 Å². The Hall–Kier alpha value is -0.900. The zero-order chi connectivity index (χ0) is 14.6. The second-order valence-corrected chi connectivity index (χ2v) is 6.29. The number of ether oxygens (including phenoxy) is 1. The number of nitrogens with one attached hydrogen (secondary N) is 1. The van der Waals surface area contributed by atoms with Gasteiger partial charge in [0.05, 0.1) is 12.7 Å². The molecule has 0 saturated heterocycles. The molecule has 20 heavy (non-hydrogen) atoms. The van der Waals surface area contributed by atoms with Gasteiger partial charge in [0.25, 0.3) is 0 Å². The van der Waals surface area contributed by atoms with Crippen molar-refractivity contribution in [3.8, 4) is 0 Å². The van der Waals surface area contributed by atoms with Crippen LogP contribution in [0, 0.1) is 5.41 Å². The van der Waals surface area contributed by atoms with Crippen molar-refractivity contribution in [2.24, 2.45) is 5.41 Å². The number of hydrogen-bond donors (Lipinski definition) is 2. The molecule has 1 aromatic rings. The Morgan fingerprint density at radius 3 is 2.60 bits per heavy atom. The second kappa shape index (κ2) is 6.70. The van der Waals surface area contributed by atoms with Gasteiger partial charge in [-0.1, -0.05) is 44.2 Å². The van der Waals surface area contributed by atoms with Crippen molar-refractivity contribution in [3.63, 3.8) is 0 Å². The summed E-state index contributed by atoms with van der Waals surface area (Å²) in [5, 5.41) is 13.2. The Labute approximate surface area is 122 Å². The monoisotopic (exact) mass is 277 g/mol. The Bertz CT molecular complexity index is 405. The van der Waals surface area contributed by atoms with Crippen LogP contribution in [0.3, 0.4) is 0 Å². The molecule has 0 spiro atoms. The van der Waals surface area contributed by atoms with Crippen molar-refractivity contribution in [1.82, 2.24) is 5.32 Å². The Morgan fingerprint density at radius 2 is 2.05 bits per heavy atom. The van der Waals surface area contributed by atoms with Gasteiger partial charge < -0.3 is 15.2 Å². The van der Waals surface area contributed by atoms with Crippen molar-refractivity contribution in [1.29, 1.82) is 0 Å². The summed E-state index contributed by atoms with van der Waals surface area (Å²) in [5.74, 6) is 0. The lowest BCUT2D eigenvalue weighted by molar-refractivity contribution is -0.117. The fraction of sp³-hybridized carbons (Fsp3) is 0.647. The first-order valence-corrected chi connectivity index (χ1v) is 7.60. The summed E-state index contributed by atoms with van der Waals surface area (Å²) in [4.78, 5) is 0. The maximum Gasteiger partial charge on any atom is 0.0655 e. The lowest BCUT2D eigenvalue weighted by Gasteiger charge is -2.52. The van der Waals surface area contributed by atoms with Crippen molar-refractivity contribution in [3.05, 3.63) is 35.9 Å². The molecule has 2 unspecified atom stereocenters. The maximum atomic E-state index is 9.60. The smallest absolute Gasteiger partial charge is 0.0655 e. The van der Waals surface area contributed by atoms with Gasteiger partial charge in [-0.05, 0) is 25.3 Å². The average molecular weight is 277 g/mol. The van der Waals surface area contributed by atoms with Crippen LogP contribution in [0.4, 0.5) is 0 Å². The Balaban J connectivity index is 1.88. The van der Waals surface area contributed by atoms with Crippen LogP contribution in [0.1, 0.15) is 32.8 Å². The molecule has 3 nitrogen and oxygen atoms in total. The quantitative estimate of drug-likeness (QED) is 0.804. The largest absolute Gasteiger partial charge is 0.395 e. The molecule has 112 valence electrons. The minimum absolute atomic E-state index is 0.115. The molecule has 3 atom stereocenters. The summed E-state index contributed by atoms with van der Waals surface area (Å²) in [6.07, 6.45) is 2.23. The van der Waals surface area contributed by atoms with Crippen LogP contribution in [-0.4, -0.2) is 36.5 Å².